The summed E-state index contributed by atoms with van der Waals surface area (Å²) >= 11 is 0. The second kappa shape index (κ2) is 6.72. The molecule has 0 aromatic heterocycles. The molecule has 2 rings (SSSR count). The Labute approximate surface area is 130 Å². The molecule has 6 nitrogen and oxygen atoms in total. The summed E-state index contributed by atoms with van der Waals surface area (Å²) in [5, 5.41) is 9.19. The molecule has 0 spiro atoms. The highest BCUT2D eigenvalue weighted by atomic mass is 19.1. The molecule has 0 saturated carbocycles. The van der Waals surface area contributed by atoms with E-state index in [1.165, 1.54) is 6.92 Å². The quantitative estimate of drug-likeness (QED) is 0.675. The highest BCUT2D eigenvalue weighted by Crippen LogP contribution is 2.33. The maximum atomic E-state index is 13.3. The van der Waals surface area contributed by atoms with Crippen molar-refractivity contribution in [3.63, 3.8) is 0 Å². The van der Waals surface area contributed by atoms with Crippen LogP contribution in [0.5, 0.6) is 0 Å². The van der Waals surface area contributed by atoms with Crippen LogP contribution in [-0.4, -0.2) is 47.0 Å². The monoisotopic (exact) mass is 327 g/mol. The number of carbonyl (C=O) groups is 3. The molecule has 0 bridgehead atoms. The maximum absolute atomic E-state index is 13.3. The molecule has 23 heavy (non-hydrogen) atoms. The SMILES string of the molecule is CCOC(=O)C(=O)C1C[C@@H](c2cc(F)cc(F)c2)CN1C(=O)O. The van der Waals surface area contributed by atoms with Gasteiger partial charge in [-0.1, -0.05) is 0 Å². The minimum absolute atomic E-state index is 0.0110. The van der Waals surface area contributed by atoms with Crippen LogP contribution in [0.1, 0.15) is 24.8 Å². The number of ketones is 1. The number of esters is 1. The molecular weight excluding hydrogens is 312 g/mol. The van der Waals surface area contributed by atoms with E-state index in [9.17, 15) is 28.3 Å². The van der Waals surface area contributed by atoms with Gasteiger partial charge in [0.15, 0.2) is 0 Å². The van der Waals surface area contributed by atoms with Gasteiger partial charge in [0.2, 0.25) is 0 Å². The lowest BCUT2D eigenvalue weighted by Gasteiger charge is -2.18. The molecule has 1 aromatic carbocycles. The molecule has 0 radical (unpaired) electrons. The molecule has 2 atom stereocenters. The summed E-state index contributed by atoms with van der Waals surface area (Å²) in [7, 11) is 0. The minimum atomic E-state index is -1.38. The lowest BCUT2D eigenvalue weighted by atomic mass is 9.95. The third-order valence-corrected chi connectivity index (χ3v) is 3.68. The van der Waals surface area contributed by atoms with Crippen molar-refractivity contribution in [3.05, 3.63) is 35.4 Å². The van der Waals surface area contributed by atoms with Gasteiger partial charge in [-0.2, -0.15) is 0 Å². The van der Waals surface area contributed by atoms with E-state index in [1.54, 1.807) is 0 Å². The van der Waals surface area contributed by atoms with Crippen molar-refractivity contribution < 1.29 is 33.0 Å². The van der Waals surface area contributed by atoms with E-state index in [4.69, 9.17) is 0 Å². The first kappa shape index (κ1) is 16.9. The Morgan fingerprint density at radius 2 is 1.87 bits per heavy atom. The van der Waals surface area contributed by atoms with E-state index in [0.717, 1.165) is 17.0 Å². The molecule has 1 amide bonds. The average molecular weight is 327 g/mol. The summed E-state index contributed by atoms with van der Waals surface area (Å²) in [6.45, 7) is 1.38. The van der Waals surface area contributed by atoms with Gasteiger partial charge in [-0.15, -0.1) is 0 Å². The first-order chi connectivity index (χ1) is 10.8. The van der Waals surface area contributed by atoms with E-state index in [1.807, 2.05) is 0 Å². The van der Waals surface area contributed by atoms with Crippen LogP contribution >= 0.6 is 0 Å². The van der Waals surface area contributed by atoms with E-state index < -0.39 is 41.4 Å². The fraction of sp³-hybridized carbons (Fsp3) is 0.400. The standard InChI is InChI=1S/C15H15F2NO5/c1-2-23-14(20)13(19)12-5-9(7-18(12)15(21)22)8-3-10(16)6-11(17)4-8/h3-4,6,9,12H,2,5,7H2,1H3,(H,21,22)/t9-,12?/m1/s1. The summed E-state index contributed by atoms with van der Waals surface area (Å²) in [5.41, 5.74) is 0.243. The maximum Gasteiger partial charge on any atom is 0.407 e. The molecule has 1 unspecified atom stereocenters. The molecular formula is C15H15F2NO5. The number of nitrogens with zero attached hydrogens (tertiary/aromatic N) is 1. The van der Waals surface area contributed by atoms with Gasteiger partial charge >= 0.3 is 12.1 Å². The van der Waals surface area contributed by atoms with Crippen LogP contribution < -0.4 is 0 Å². The van der Waals surface area contributed by atoms with Crippen molar-refractivity contribution in [2.75, 3.05) is 13.2 Å². The normalized spacial score (nSPS) is 20.4. The Morgan fingerprint density at radius 3 is 2.39 bits per heavy atom. The van der Waals surface area contributed by atoms with Crippen LogP contribution in [0, 0.1) is 11.6 Å². The fourth-order valence-electron chi connectivity index (χ4n) is 2.69. The molecule has 1 aromatic rings. The van der Waals surface area contributed by atoms with Gasteiger partial charge in [-0.05, 0) is 31.0 Å². The van der Waals surface area contributed by atoms with Crippen molar-refractivity contribution in [1.82, 2.24) is 4.90 Å². The largest absolute Gasteiger partial charge is 0.465 e. The van der Waals surface area contributed by atoms with Crippen LogP contribution in [0.4, 0.5) is 13.6 Å². The van der Waals surface area contributed by atoms with Crippen molar-refractivity contribution in [2.45, 2.75) is 25.3 Å². The van der Waals surface area contributed by atoms with Crippen LogP contribution in [-0.2, 0) is 14.3 Å². The molecule has 8 heteroatoms. The molecule has 124 valence electrons. The van der Waals surface area contributed by atoms with Gasteiger partial charge in [-0.3, -0.25) is 9.69 Å². The molecule has 1 saturated heterocycles. The van der Waals surface area contributed by atoms with E-state index in [0.29, 0.717) is 6.07 Å². The van der Waals surface area contributed by atoms with Crippen LogP contribution in [0.25, 0.3) is 0 Å². The van der Waals surface area contributed by atoms with Gasteiger partial charge in [0.05, 0.1) is 6.61 Å². The number of ether oxygens (including phenoxy) is 1. The summed E-state index contributed by atoms with van der Waals surface area (Å²) in [4.78, 5) is 35.7. The number of carbonyl (C=O) groups excluding carboxylic acids is 2. The summed E-state index contributed by atoms with van der Waals surface area (Å²) in [5.74, 6) is -4.26. The number of halogens is 2. The highest BCUT2D eigenvalue weighted by molar-refractivity contribution is 6.36. The Hall–Kier alpha value is -2.51. The van der Waals surface area contributed by atoms with Gasteiger partial charge in [0.1, 0.15) is 17.7 Å². The average Bonchev–Trinajstić information content (AvgIpc) is 2.91. The first-order valence-corrected chi connectivity index (χ1v) is 7.00. The third kappa shape index (κ3) is 3.64. The number of benzene rings is 1. The summed E-state index contributed by atoms with van der Waals surface area (Å²) < 4.78 is 31.2. The number of carboxylic acid groups (broad SMARTS) is 1. The number of hydrogen-bond acceptors (Lipinski definition) is 4. The zero-order valence-corrected chi connectivity index (χ0v) is 12.3. The summed E-state index contributed by atoms with van der Waals surface area (Å²) in [6, 6.07) is 1.66. The highest BCUT2D eigenvalue weighted by Gasteiger charge is 2.43. The van der Waals surface area contributed by atoms with E-state index >= 15 is 0 Å². The predicted molar refractivity (Wildman–Crippen MR) is 73.9 cm³/mol. The number of likely N-dealkylation sites (tertiary alicyclic amines) is 1. The Bertz CT molecular complexity index is 629. The fourth-order valence-corrected chi connectivity index (χ4v) is 2.69. The van der Waals surface area contributed by atoms with E-state index in [2.05, 4.69) is 4.74 Å². The van der Waals surface area contributed by atoms with Crippen LogP contribution in [0.15, 0.2) is 18.2 Å². The number of amides is 1. The second-order valence-electron chi connectivity index (χ2n) is 5.17. The predicted octanol–water partition coefficient (Wildman–Crippen LogP) is 1.93. The Balaban J connectivity index is 2.25. The van der Waals surface area contributed by atoms with Crippen LogP contribution in [0.3, 0.4) is 0 Å². The third-order valence-electron chi connectivity index (χ3n) is 3.68. The van der Waals surface area contributed by atoms with E-state index in [-0.39, 0.29) is 25.1 Å². The minimum Gasteiger partial charge on any atom is -0.465 e. The first-order valence-electron chi connectivity index (χ1n) is 7.00. The number of Topliss-reactive ketones (excluding diaryl/α,β-unsaturated/α-hetero) is 1. The topological polar surface area (TPSA) is 83.9 Å². The second-order valence-corrected chi connectivity index (χ2v) is 5.17. The zero-order chi connectivity index (χ0) is 17.1. The zero-order valence-electron chi connectivity index (χ0n) is 12.3. The van der Waals surface area contributed by atoms with Crippen molar-refractivity contribution in [2.24, 2.45) is 0 Å². The molecule has 1 aliphatic heterocycles. The lowest BCUT2D eigenvalue weighted by Crippen LogP contribution is -2.43. The molecule has 0 aliphatic carbocycles. The van der Waals surface area contributed by atoms with Crippen LogP contribution in [0.2, 0.25) is 0 Å². The van der Waals surface area contributed by atoms with Gasteiger partial charge in [0.25, 0.3) is 5.78 Å². The number of hydrogen-bond donors (Lipinski definition) is 1. The van der Waals surface area contributed by atoms with Gasteiger partial charge in [-0.25, -0.2) is 18.4 Å². The van der Waals surface area contributed by atoms with Gasteiger partial charge in [0, 0.05) is 18.5 Å². The van der Waals surface area contributed by atoms with Crippen molar-refractivity contribution in [3.8, 4) is 0 Å². The smallest absolute Gasteiger partial charge is 0.407 e. The Morgan fingerprint density at radius 1 is 1.26 bits per heavy atom. The van der Waals surface area contributed by atoms with Crippen molar-refractivity contribution >= 4 is 17.8 Å². The van der Waals surface area contributed by atoms with Gasteiger partial charge < -0.3 is 9.84 Å². The molecule has 1 N–H and O–H groups in total. The van der Waals surface area contributed by atoms with Crippen molar-refractivity contribution in [1.29, 1.82) is 0 Å². The number of rotatable bonds is 4. The molecule has 1 fully saturated rings. The molecule has 1 aliphatic rings. The molecule has 1 heterocycles. The Kier molecular flexibility index (Phi) is 4.92. The summed E-state index contributed by atoms with van der Waals surface area (Å²) in [6.07, 6.45) is -1.42. The lowest BCUT2D eigenvalue weighted by molar-refractivity contribution is -0.155.